The number of esters is 1. The molecular formula is C15H20N2O5Se. The van der Waals surface area contributed by atoms with Gasteiger partial charge in [-0.3, -0.25) is 0 Å². The van der Waals surface area contributed by atoms with Crippen LogP contribution in [0.5, 0.6) is 5.75 Å². The molecule has 1 aromatic rings. The first-order valence-corrected chi connectivity index (χ1v) is 9.18. The van der Waals surface area contributed by atoms with Crippen LogP contribution in [0.25, 0.3) is 0 Å². The van der Waals surface area contributed by atoms with Crippen LogP contribution >= 0.6 is 0 Å². The summed E-state index contributed by atoms with van der Waals surface area (Å²) in [5.74, 6) is -0.128. The monoisotopic (exact) mass is 388 g/mol. The molecule has 0 aromatic heterocycles. The topological polar surface area (TPSA) is 112 Å². The van der Waals surface area contributed by atoms with E-state index in [1.54, 1.807) is 6.92 Å². The van der Waals surface area contributed by atoms with E-state index in [2.05, 4.69) is 4.74 Å². The third kappa shape index (κ3) is 8.23. The summed E-state index contributed by atoms with van der Waals surface area (Å²) in [6, 6.07) is 6.05. The number of amidine groups is 1. The van der Waals surface area contributed by atoms with Gasteiger partial charge in [-0.1, -0.05) is 0 Å². The number of unbranched alkanes of at least 4 members (excludes halogenated alkanes) is 1. The Morgan fingerprint density at radius 1 is 1.17 bits per heavy atom. The van der Waals surface area contributed by atoms with Crippen LogP contribution in [0.1, 0.15) is 30.1 Å². The van der Waals surface area contributed by atoms with Gasteiger partial charge in [-0.15, -0.1) is 0 Å². The number of ether oxygens (including phenoxy) is 3. The second kappa shape index (κ2) is 10.6. The van der Waals surface area contributed by atoms with Crippen LogP contribution in [-0.2, 0) is 9.47 Å². The zero-order chi connectivity index (χ0) is 17.1. The molecule has 0 heterocycles. The minimum atomic E-state index is -0.782. The zero-order valence-electron chi connectivity index (χ0n) is 12.9. The van der Waals surface area contributed by atoms with Gasteiger partial charge in [0.15, 0.2) is 0 Å². The Morgan fingerprint density at radius 3 is 2.48 bits per heavy atom. The molecule has 126 valence electrons. The molecule has 0 fully saturated rings. The van der Waals surface area contributed by atoms with E-state index in [9.17, 15) is 9.59 Å². The molecule has 8 heteroatoms. The van der Waals surface area contributed by atoms with Crippen molar-refractivity contribution in [2.45, 2.75) is 25.1 Å². The normalized spacial score (nSPS) is 9.96. The zero-order valence-corrected chi connectivity index (χ0v) is 14.6. The van der Waals surface area contributed by atoms with Crippen molar-refractivity contribution >= 4 is 31.8 Å². The van der Waals surface area contributed by atoms with E-state index in [0.717, 1.165) is 18.2 Å². The third-order valence-corrected chi connectivity index (χ3v) is 4.27. The summed E-state index contributed by atoms with van der Waals surface area (Å²) in [6.07, 6.45) is 0.833. The van der Waals surface area contributed by atoms with Crippen molar-refractivity contribution in [2.24, 2.45) is 5.73 Å². The fraction of sp³-hybridized carbons (Fsp3) is 0.400. The first-order valence-electron chi connectivity index (χ1n) is 7.11. The molecule has 1 aromatic carbocycles. The molecule has 0 saturated carbocycles. The van der Waals surface area contributed by atoms with Crippen molar-refractivity contribution in [3.63, 3.8) is 0 Å². The van der Waals surface area contributed by atoms with Gasteiger partial charge in [0, 0.05) is 0 Å². The van der Waals surface area contributed by atoms with Crippen LogP contribution in [-0.4, -0.2) is 45.0 Å². The molecule has 0 aliphatic heterocycles. The molecule has 1 rings (SSSR count). The van der Waals surface area contributed by atoms with Gasteiger partial charge in [0.2, 0.25) is 0 Å². The Labute approximate surface area is 141 Å². The molecule has 0 radical (unpaired) electrons. The summed E-state index contributed by atoms with van der Waals surface area (Å²) in [7, 11) is 0. The van der Waals surface area contributed by atoms with Gasteiger partial charge in [0.1, 0.15) is 0 Å². The standard InChI is InChI=1S/C15H20N2O5Se/c1-2-20-15(19)22-12-7-5-11(6-8-12)13(18)21-9-3-4-10-23-14(16)17/h5-8H,2-4,9-10H2,1H3,(H3,16,17). The van der Waals surface area contributed by atoms with Crippen LogP contribution in [0.4, 0.5) is 4.79 Å². The Kier molecular flexibility index (Phi) is 8.79. The first kappa shape index (κ1) is 19.0. The average molecular weight is 387 g/mol. The predicted octanol–water partition coefficient (Wildman–Crippen LogP) is 2.17. The number of hydrogen-bond donors (Lipinski definition) is 2. The van der Waals surface area contributed by atoms with Gasteiger partial charge < -0.3 is 4.74 Å². The number of benzene rings is 1. The Balaban J connectivity index is 2.31. The molecule has 0 aliphatic carbocycles. The summed E-state index contributed by atoms with van der Waals surface area (Å²) in [6.45, 7) is 2.24. The van der Waals surface area contributed by atoms with Crippen molar-refractivity contribution in [2.75, 3.05) is 13.2 Å². The molecular weight excluding hydrogens is 367 g/mol. The number of hydrogen-bond acceptors (Lipinski definition) is 6. The summed E-state index contributed by atoms with van der Waals surface area (Å²) in [5, 5.41) is 7.99. The molecule has 23 heavy (non-hydrogen) atoms. The molecule has 0 atom stereocenters. The van der Waals surface area contributed by atoms with Crippen LogP contribution in [0.2, 0.25) is 5.32 Å². The number of carbonyl (C=O) groups is 2. The Hall–Kier alpha value is -2.05. The van der Waals surface area contributed by atoms with Gasteiger partial charge in [0.05, 0.1) is 6.61 Å². The molecule has 0 aliphatic rings. The van der Waals surface area contributed by atoms with Crippen LogP contribution in [0.3, 0.4) is 0 Å². The SMILES string of the molecule is CCOC(=O)Oc1ccc(C(=O)OCCCC[Se]C(=N)N)cc1. The summed E-state index contributed by atoms with van der Waals surface area (Å²) in [5.41, 5.74) is 5.66. The Morgan fingerprint density at radius 2 is 1.87 bits per heavy atom. The molecule has 7 nitrogen and oxygen atoms in total. The number of nitrogens with two attached hydrogens (primary N) is 1. The molecule has 0 bridgehead atoms. The number of nitrogens with one attached hydrogen (secondary N) is 1. The van der Waals surface area contributed by atoms with Crippen molar-refractivity contribution in [1.82, 2.24) is 0 Å². The van der Waals surface area contributed by atoms with Crippen LogP contribution < -0.4 is 10.5 Å². The van der Waals surface area contributed by atoms with Crippen molar-refractivity contribution < 1.29 is 23.8 Å². The average Bonchev–Trinajstić information content (AvgIpc) is 2.51. The fourth-order valence-electron chi connectivity index (χ4n) is 1.54. The van der Waals surface area contributed by atoms with E-state index < -0.39 is 12.1 Å². The summed E-state index contributed by atoms with van der Waals surface area (Å²) >= 11 is 0.0404. The van der Waals surface area contributed by atoms with Crippen LogP contribution in [0.15, 0.2) is 24.3 Å². The van der Waals surface area contributed by atoms with Gasteiger partial charge in [-0.2, -0.15) is 0 Å². The van der Waals surface area contributed by atoms with E-state index in [0.29, 0.717) is 17.9 Å². The predicted molar refractivity (Wildman–Crippen MR) is 86.1 cm³/mol. The second-order valence-electron chi connectivity index (χ2n) is 4.37. The van der Waals surface area contributed by atoms with Crippen molar-refractivity contribution in [3.8, 4) is 5.75 Å². The van der Waals surface area contributed by atoms with E-state index in [-0.39, 0.29) is 26.3 Å². The summed E-state index contributed by atoms with van der Waals surface area (Å²) in [4.78, 5) is 23.0. The van der Waals surface area contributed by atoms with Gasteiger partial charge in [-0.25, -0.2) is 4.79 Å². The quantitative estimate of drug-likeness (QED) is 0.168. The number of rotatable bonds is 9. The van der Waals surface area contributed by atoms with Gasteiger partial charge in [0.25, 0.3) is 0 Å². The van der Waals surface area contributed by atoms with Crippen LogP contribution in [0, 0.1) is 5.41 Å². The minimum absolute atomic E-state index is 0.0404. The first-order chi connectivity index (χ1) is 11.0. The molecule has 0 saturated heterocycles. The van der Waals surface area contributed by atoms with E-state index >= 15 is 0 Å². The molecule has 0 unspecified atom stereocenters. The molecule has 0 spiro atoms. The fourth-order valence-corrected chi connectivity index (χ4v) is 2.73. The molecule has 0 amide bonds. The van der Waals surface area contributed by atoms with Gasteiger partial charge in [-0.05, 0) is 6.92 Å². The van der Waals surface area contributed by atoms with Crippen molar-refractivity contribution in [1.29, 1.82) is 5.41 Å². The Bertz CT molecular complexity index is 533. The maximum absolute atomic E-state index is 11.8. The summed E-state index contributed by atoms with van der Waals surface area (Å²) < 4.78 is 14.9. The van der Waals surface area contributed by atoms with E-state index in [1.165, 1.54) is 24.3 Å². The maximum atomic E-state index is 11.8. The van der Waals surface area contributed by atoms with Crippen molar-refractivity contribution in [3.05, 3.63) is 29.8 Å². The molecule has 3 N–H and O–H groups in total. The van der Waals surface area contributed by atoms with Gasteiger partial charge >= 0.3 is 118 Å². The third-order valence-electron chi connectivity index (χ3n) is 2.58. The second-order valence-corrected chi connectivity index (χ2v) is 6.75. The number of carbonyl (C=O) groups excluding carboxylic acids is 2. The van der Waals surface area contributed by atoms with E-state index in [1.807, 2.05) is 0 Å². The van der Waals surface area contributed by atoms with E-state index in [4.69, 9.17) is 20.6 Å².